The van der Waals surface area contributed by atoms with Gasteiger partial charge in [0.25, 0.3) is 0 Å². The number of carbonyl (C=O) groups excluding carboxylic acids is 1. The number of fused-ring (bicyclic) bond motifs is 1. The first-order valence-corrected chi connectivity index (χ1v) is 11.2. The van der Waals surface area contributed by atoms with E-state index in [0.717, 1.165) is 25.1 Å². The number of rotatable bonds is 3. The fourth-order valence-corrected chi connectivity index (χ4v) is 5.25. The molecule has 0 radical (unpaired) electrons. The van der Waals surface area contributed by atoms with Crippen LogP contribution in [0.2, 0.25) is 0 Å². The zero-order valence-electron chi connectivity index (χ0n) is 17.5. The van der Waals surface area contributed by atoms with E-state index in [9.17, 15) is 4.79 Å². The van der Waals surface area contributed by atoms with Crippen LogP contribution in [0.25, 0.3) is 5.57 Å². The first kappa shape index (κ1) is 19.4. The van der Waals surface area contributed by atoms with Gasteiger partial charge < -0.3 is 15.0 Å². The van der Waals surface area contributed by atoms with Gasteiger partial charge in [-0.1, -0.05) is 54.6 Å². The van der Waals surface area contributed by atoms with E-state index in [0.29, 0.717) is 25.1 Å². The SMILES string of the molecule is O=C(OCc1ccccc1)N1CC=C(c2ccc3c(c2)CC2(CCNCC2)C3)CC1. The molecule has 4 nitrogen and oxygen atoms in total. The van der Waals surface area contributed by atoms with Gasteiger partial charge in [-0.25, -0.2) is 4.79 Å². The Balaban J connectivity index is 1.21. The van der Waals surface area contributed by atoms with Crippen LogP contribution in [0, 0.1) is 5.41 Å². The summed E-state index contributed by atoms with van der Waals surface area (Å²) in [5.41, 5.74) is 7.28. The predicted octanol–water partition coefficient (Wildman–Crippen LogP) is 4.58. The molecular weight excluding hydrogens is 372 g/mol. The van der Waals surface area contributed by atoms with Crippen LogP contribution in [0.15, 0.2) is 54.6 Å². The average molecular weight is 403 g/mol. The second kappa shape index (κ2) is 8.27. The smallest absolute Gasteiger partial charge is 0.410 e. The molecule has 4 heteroatoms. The second-order valence-electron chi connectivity index (χ2n) is 9.05. The lowest BCUT2D eigenvalue weighted by atomic mass is 9.76. The first-order chi connectivity index (χ1) is 14.7. The van der Waals surface area contributed by atoms with Crippen LogP contribution in [0.5, 0.6) is 0 Å². The number of nitrogens with one attached hydrogen (secondary N) is 1. The van der Waals surface area contributed by atoms with E-state index in [2.05, 4.69) is 29.6 Å². The largest absolute Gasteiger partial charge is 0.445 e. The van der Waals surface area contributed by atoms with Gasteiger partial charge in [0.05, 0.1) is 0 Å². The third kappa shape index (κ3) is 4.01. The molecule has 2 heterocycles. The lowest BCUT2D eigenvalue weighted by molar-refractivity contribution is 0.0998. The van der Waals surface area contributed by atoms with Crippen LogP contribution in [0.1, 0.15) is 41.5 Å². The van der Waals surface area contributed by atoms with Gasteiger partial charge in [0, 0.05) is 13.1 Å². The van der Waals surface area contributed by atoms with Crippen molar-refractivity contribution >= 4 is 11.7 Å². The molecule has 1 spiro atoms. The Morgan fingerprint density at radius 3 is 2.60 bits per heavy atom. The van der Waals surface area contributed by atoms with Gasteiger partial charge in [0.15, 0.2) is 0 Å². The van der Waals surface area contributed by atoms with E-state index < -0.39 is 0 Å². The summed E-state index contributed by atoms with van der Waals surface area (Å²) in [5.74, 6) is 0. The Bertz CT molecular complexity index is 945. The van der Waals surface area contributed by atoms with Crippen LogP contribution in [0.4, 0.5) is 4.79 Å². The van der Waals surface area contributed by atoms with E-state index in [1.807, 2.05) is 30.3 Å². The molecule has 156 valence electrons. The maximum absolute atomic E-state index is 12.4. The number of piperidine rings is 1. The number of carbonyl (C=O) groups is 1. The Hall–Kier alpha value is -2.59. The summed E-state index contributed by atoms with van der Waals surface area (Å²) in [4.78, 5) is 14.2. The maximum atomic E-state index is 12.4. The minimum absolute atomic E-state index is 0.226. The molecule has 2 aromatic rings. The first-order valence-electron chi connectivity index (χ1n) is 11.2. The number of hydrogen-bond donors (Lipinski definition) is 1. The molecule has 0 aromatic heterocycles. The Morgan fingerprint density at radius 2 is 1.83 bits per heavy atom. The van der Waals surface area contributed by atoms with Crippen molar-refractivity contribution in [1.82, 2.24) is 10.2 Å². The van der Waals surface area contributed by atoms with Crippen LogP contribution < -0.4 is 5.32 Å². The Kier molecular flexibility index (Phi) is 5.34. The molecule has 1 saturated heterocycles. The molecular formula is C26H30N2O2. The van der Waals surface area contributed by atoms with E-state index >= 15 is 0 Å². The lowest BCUT2D eigenvalue weighted by Crippen LogP contribution is -2.37. The fraction of sp³-hybridized carbons (Fsp3) is 0.423. The number of amides is 1. The number of ether oxygens (including phenoxy) is 1. The van der Waals surface area contributed by atoms with E-state index in [-0.39, 0.29) is 6.09 Å². The summed E-state index contributed by atoms with van der Waals surface area (Å²) in [5, 5.41) is 3.51. The zero-order valence-corrected chi connectivity index (χ0v) is 17.5. The molecule has 3 aliphatic rings. The summed E-state index contributed by atoms with van der Waals surface area (Å²) in [6, 6.07) is 16.9. The normalized spacial score (nSPS) is 20.0. The van der Waals surface area contributed by atoms with Crippen molar-refractivity contribution in [2.45, 2.75) is 38.7 Å². The van der Waals surface area contributed by atoms with Crippen molar-refractivity contribution < 1.29 is 9.53 Å². The molecule has 5 rings (SSSR count). The van der Waals surface area contributed by atoms with Gasteiger partial charge in [-0.2, -0.15) is 0 Å². The van der Waals surface area contributed by atoms with Crippen molar-refractivity contribution in [2.24, 2.45) is 5.41 Å². The second-order valence-corrected chi connectivity index (χ2v) is 9.05. The molecule has 1 aliphatic carbocycles. The monoisotopic (exact) mass is 402 g/mol. The molecule has 0 atom stereocenters. The lowest BCUT2D eigenvalue weighted by Gasteiger charge is -2.33. The summed E-state index contributed by atoms with van der Waals surface area (Å²) in [6.45, 7) is 3.97. The molecule has 2 aliphatic heterocycles. The van der Waals surface area contributed by atoms with Gasteiger partial charge in [0.1, 0.15) is 6.61 Å². The molecule has 0 unspecified atom stereocenters. The van der Waals surface area contributed by atoms with Crippen molar-refractivity contribution in [1.29, 1.82) is 0 Å². The third-order valence-electron chi connectivity index (χ3n) is 7.04. The van der Waals surface area contributed by atoms with Gasteiger partial charge >= 0.3 is 6.09 Å². The molecule has 0 saturated carbocycles. The number of hydrogen-bond acceptors (Lipinski definition) is 3. The van der Waals surface area contributed by atoms with Crippen molar-refractivity contribution in [3.8, 4) is 0 Å². The Labute approximate surface area is 178 Å². The summed E-state index contributed by atoms with van der Waals surface area (Å²) < 4.78 is 5.49. The van der Waals surface area contributed by atoms with Gasteiger partial charge in [-0.3, -0.25) is 0 Å². The van der Waals surface area contributed by atoms with Gasteiger partial charge in [-0.15, -0.1) is 0 Å². The minimum Gasteiger partial charge on any atom is -0.445 e. The highest BCUT2D eigenvalue weighted by molar-refractivity contribution is 5.73. The van der Waals surface area contributed by atoms with Gasteiger partial charge in [0.2, 0.25) is 0 Å². The van der Waals surface area contributed by atoms with Crippen molar-refractivity contribution in [3.05, 3.63) is 76.9 Å². The standard InChI is InChI=1S/C26H30N2O2/c29-25(30-19-20-4-2-1-3-5-20)28-14-8-21(9-15-28)22-6-7-23-17-26(18-24(23)16-22)10-12-27-13-11-26/h1-8,16,27H,9-15,17-19H2. The van der Waals surface area contributed by atoms with Crippen molar-refractivity contribution in [2.75, 3.05) is 26.2 Å². The van der Waals surface area contributed by atoms with Crippen LogP contribution in [0.3, 0.4) is 0 Å². The maximum Gasteiger partial charge on any atom is 0.410 e. The summed E-state index contributed by atoms with van der Waals surface area (Å²) in [6.07, 6.45) is 7.90. The fourth-order valence-electron chi connectivity index (χ4n) is 5.25. The molecule has 0 bridgehead atoms. The molecule has 30 heavy (non-hydrogen) atoms. The highest BCUT2D eigenvalue weighted by Gasteiger charge is 2.38. The zero-order chi connectivity index (χ0) is 20.4. The topological polar surface area (TPSA) is 41.6 Å². The van der Waals surface area contributed by atoms with E-state index in [4.69, 9.17) is 4.74 Å². The molecule has 1 fully saturated rings. The van der Waals surface area contributed by atoms with Crippen LogP contribution in [-0.4, -0.2) is 37.2 Å². The summed E-state index contributed by atoms with van der Waals surface area (Å²) >= 11 is 0. The predicted molar refractivity (Wildman–Crippen MR) is 119 cm³/mol. The molecule has 2 aromatic carbocycles. The number of benzene rings is 2. The minimum atomic E-state index is -0.226. The molecule has 1 N–H and O–H groups in total. The quantitative estimate of drug-likeness (QED) is 0.817. The molecule has 1 amide bonds. The van der Waals surface area contributed by atoms with Crippen LogP contribution in [-0.2, 0) is 24.2 Å². The summed E-state index contributed by atoms with van der Waals surface area (Å²) in [7, 11) is 0. The Morgan fingerprint density at radius 1 is 1.03 bits per heavy atom. The highest BCUT2D eigenvalue weighted by atomic mass is 16.6. The van der Waals surface area contributed by atoms with E-state index in [1.54, 1.807) is 16.0 Å². The van der Waals surface area contributed by atoms with Crippen molar-refractivity contribution in [3.63, 3.8) is 0 Å². The highest BCUT2D eigenvalue weighted by Crippen LogP contribution is 2.44. The average Bonchev–Trinajstić information content (AvgIpc) is 3.15. The van der Waals surface area contributed by atoms with E-state index in [1.165, 1.54) is 36.8 Å². The third-order valence-corrected chi connectivity index (χ3v) is 7.04. The van der Waals surface area contributed by atoms with Crippen LogP contribution >= 0.6 is 0 Å². The number of nitrogens with zero attached hydrogens (tertiary/aromatic N) is 1. The van der Waals surface area contributed by atoms with Gasteiger partial charge in [-0.05, 0) is 78.4 Å².